The molecule has 2 heterocycles. The molecule has 29 heavy (non-hydrogen) atoms. The molecule has 7 nitrogen and oxygen atoms in total. The van der Waals surface area contributed by atoms with Crippen LogP contribution < -0.4 is 9.64 Å². The largest absolute Gasteiger partial charge is 0.507 e. The molecule has 0 spiro atoms. The lowest BCUT2D eigenvalue weighted by molar-refractivity contribution is -0.857. The number of likely N-dealkylation sites (tertiary alicyclic amines) is 1. The Labute approximate surface area is 170 Å². The monoisotopic (exact) mass is 399 g/mol. The minimum absolute atomic E-state index is 0.0255. The predicted octanol–water partition coefficient (Wildman–Crippen LogP) is 1.63. The first-order chi connectivity index (χ1) is 13.8. The van der Waals surface area contributed by atoms with Gasteiger partial charge in [-0.15, -0.1) is 0 Å². The van der Waals surface area contributed by atoms with E-state index in [1.54, 1.807) is 36.4 Å². The van der Waals surface area contributed by atoms with Crippen LogP contribution in [0.15, 0.2) is 52.7 Å². The van der Waals surface area contributed by atoms with E-state index in [9.17, 15) is 14.7 Å². The first-order valence-electron chi connectivity index (χ1n) is 9.67. The van der Waals surface area contributed by atoms with E-state index in [2.05, 4.69) is 0 Å². The lowest BCUT2D eigenvalue weighted by Crippen LogP contribution is -3.06. The van der Waals surface area contributed by atoms with Gasteiger partial charge in [-0.3, -0.25) is 9.59 Å². The van der Waals surface area contributed by atoms with Crippen LogP contribution in [0, 0.1) is 0 Å². The molecule has 3 rings (SSSR count). The van der Waals surface area contributed by atoms with Gasteiger partial charge in [0.05, 0.1) is 45.1 Å². The van der Waals surface area contributed by atoms with Crippen molar-refractivity contribution in [2.24, 2.45) is 0 Å². The van der Waals surface area contributed by atoms with Crippen LogP contribution in [0.3, 0.4) is 0 Å². The molecule has 0 saturated carbocycles. The van der Waals surface area contributed by atoms with Crippen LogP contribution in [0.4, 0.5) is 0 Å². The number of aliphatic hydroxyl groups is 1. The number of carbonyl (C=O) groups excluding carboxylic acids is 2. The van der Waals surface area contributed by atoms with Crippen molar-refractivity contribution >= 4 is 17.4 Å². The van der Waals surface area contributed by atoms with Gasteiger partial charge in [-0.2, -0.15) is 0 Å². The molecule has 1 saturated heterocycles. The van der Waals surface area contributed by atoms with Crippen molar-refractivity contribution in [1.29, 1.82) is 0 Å². The van der Waals surface area contributed by atoms with E-state index in [-0.39, 0.29) is 17.4 Å². The summed E-state index contributed by atoms with van der Waals surface area (Å²) < 4.78 is 11.1. The first kappa shape index (κ1) is 20.7. The number of amides is 1. The quantitative estimate of drug-likeness (QED) is 0.420. The van der Waals surface area contributed by atoms with Gasteiger partial charge in [-0.25, -0.2) is 0 Å². The number of nitrogens with zero attached hydrogens (tertiary/aromatic N) is 1. The number of hydrogen-bond acceptors (Lipinski definition) is 5. The number of nitrogens with one attached hydrogen (secondary N) is 1. The number of ether oxygens (including phenoxy) is 1. The highest BCUT2D eigenvalue weighted by atomic mass is 16.5. The van der Waals surface area contributed by atoms with Crippen molar-refractivity contribution in [3.05, 3.63) is 59.6 Å². The van der Waals surface area contributed by atoms with E-state index >= 15 is 0 Å². The summed E-state index contributed by atoms with van der Waals surface area (Å²) in [5.74, 6) is -0.456. The van der Waals surface area contributed by atoms with Gasteiger partial charge < -0.3 is 24.1 Å². The fraction of sp³-hybridized carbons (Fsp3) is 0.364. The highest BCUT2D eigenvalue weighted by Crippen LogP contribution is 2.39. The zero-order valence-electron chi connectivity index (χ0n) is 17.1. The second-order valence-corrected chi connectivity index (χ2v) is 7.66. The van der Waals surface area contributed by atoms with Crippen LogP contribution in [0.2, 0.25) is 0 Å². The normalized spacial score (nSPS) is 18.8. The van der Waals surface area contributed by atoms with Gasteiger partial charge in [0, 0.05) is 5.56 Å². The van der Waals surface area contributed by atoms with Crippen LogP contribution in [-0.4, -0.2) is 55.0 Å². The van der Waals surface area contributed by atoms with Gasteiger partial charge in [0.2, 0.25) is 0 Å². The molecule has 2 N–H and O–H groups in total. The number of aliphatic hydroxyl groups excluding tert-OH is 1. The molecular formula is C22H27N2O5+. The standard InChI is InChI=1S/C22H26N2O5/c1-14(2)29-16-9-7-15(8-10-16)20(25)18-19(17-6-5-13-28-17)24(12-11-23(3)4)22(27)21(18)26/h5-10,13-14,19,25H,11-12H2,1-4H3/p+1/b20-18+/t19-/m0/s1. The second kappa shape index (κ2) is 8.53. The molecule has 0 radical (unpaired) electrons. The van der Waals surface area contributed by atoms with Crippen molar-refractivity contribution in [2.75, 3.05) is 27.2 Å². The minimum atomic E-state index is -0.754. The van der Waals surface area contributed by atoms with E-state index in [1.165, 1.54) is 11.2 Å². The number of ketones is 1. The Bertz CT molecular complexity index is 898. The molecule has 1 atom stereocenters. The SMILES string of the molecule is CC(C)Oc1ccc(/C(O)=C2\C(=O)C(=O)N(CC[NH+](C)C)[C@H]2c2ccco2)cc1. The molecule has 1 aromatic carbocycles. The maximum Gasteiger partial charge on any atom is 0.295 e. The van der Waals surface area contributed by atoms with Crippen molar-refractivity contribution in [3.8, 4) is 5.75 Å². The van der Waals surface area contributed by atoms with Gasteiger partial charge in [0.1, 0.15) is 23.3 Å². The van der Waals surface area contributed by atoms with Crippen molar-refractivity contribution < 1.29 is 28.7 Å². The van der Waals surface area contributed by atoms with Crippen molar-refractivity contribution in [1.82, 2.24) is 4.90 Å². The summed E-state index contributed by atoms with van der Waals surface area (Å²) >= 11 is 0. The number of quaternary nitrogens is 1. The average molecular weight is 399 g/mol. The van der Waals surface area contributed by atoms with Crippen LogP contribution in [0.5, 0.6) is 5.75 Å². The van der Waals surface area contributed by atoms with E-state index < -0.39 is 17.7 Å². The van der Waals surface area contributed by atoms with Crippen molar-refractivity contribution in [3.63, 3.8) is 0 Å². The van der Waals surface area contributed by atoms with Gasteiger partial charge >= 0.3 is 0 Å². The Morgan fingerprint density at radius 2 is 1.90 bits per heavy atom. The molecule has 1 amide bonds. The Morgan fingerprint density at radius 1 is 1.21 bits per heavy atom. The third kappa shape index (κ3) is 4.35. The zero-order chi connectivity index (χ0) is 21.1. The number of rotatable bonds is 7. The highest BCUT2D eigenvalue weighted by molar-refractivity contribution is 6.46. The van der Waals surface area contributed by atoms with Gasteiger partial charge in [-0.1, -0.05) is 0 Å². The lowest BCUT2D eigenvalue weighted by atomic mass is 9.99. The third-order valence-corrected chi connectivity index (χ3v) is 4.70. The molecule has 0 unspecified atom stereocenters. The Kier molecular flexibility index (Phi) is 6.08. The summed E-state index contributed by atoms with van der Waals surface area (Å²) in [7, 11) is 3.94. The van der Waals surface area contributed by atoms with Gasteiger partial charge in [0.15, 0.2) is 0 Å². The number of likely N-dealkylation sites (N-methyl/N-ethyl adjacent to an activating group) is 1. The summed E-state index contributed by atoms with van der Waals surface area (Å²) in [6, 6.07) is 9.44. The molecule has 2 aromatic rings. The maximum absolute atomic E-state index is 12.8. The van der Waals surface area contributed by atoms with E-state index in [0.717, 1.165) is 4.90 Å². The smallest absolute Gasteiger partial charge is 0.295 e. The molecule has 154 valence electrons. The molecule has 1 fully saturated rings. The van der Waals surface area contributed by atoms with E-state index in [1.807, 2.05) is 27.9 Å². The molecule has 1 aromatic heterocycles. The summed E-state index contributed by atoms with van der Waals surface area (Å²) in [5.41, 5.74) is 0.477. The Balaban J connectivity index is 2.02. The molecule has 1 aliphatic heterocycles. The molecule has 0 aliphatic carbocycles. The number of benzene rings is 1. The third-order valence-electron chi connectivity index (χ3n) is 4.70. The number of furan rings is 1. The summed E-state index contributed by atoms with van der Waals surface area (Å²) in [5, 5.41) is 10.9. The topological polar surface area (TPSA) is 84.4 Å². The Morgan fingerprint density at radius 3 is 2.45 bits per heavy atom. The number of Topliss-reactive ketones (excluding diaryl/α,β-unsaturated/α-hetero) is 1. The van der Waals surface area contributed by atoms with Crippen molar-refractivity contribution in [2.45, 2.75) is 26.0 Å². The first-order valence-corrected chi connectivity index (χ1v) is 9.67. The molecule has 7 heteroatoms. The maximum atomic E-state index is 12.8. The second-order valence-electron chi connectivity index (χ2n) is 7.66. The number of hydrogen-bond donors (Lipinski definition) is 2. The summed E-state index contributed by atoms with van der Waals surface area (Å²) in [4.78, 5) is 28.1. The van der Waals surface area contributed by atoms with Crippen LogP contribution >= 0.6 is 0 Å². The van der Waals surface area contributed by atoms with Crippen LogP contribution in [-0.2, 0) is 9.59 Å². The molecule has 1 aliphatic rings. The summed E-state index contributed by atoms with van der Waals surface area (Å²) in [6.07, 6.45) is 1.52. The summed E-state index contributed by atoms with van der Waals surface area (Å²) in [6.45, 7) is 4.88. The minimum Gasteiger partial charge on any atom is -0.507 e. The van der Waals surface area contributed by atoms with Crippen LogP contribution in [0.1, 0.15) is 31.2 Å². The van der Waals surface area contributed by atoms with E-state index in [0.29, 0.717) is 30.2 Å². The fourth-order valence-corrected chi connectivity index (χ4v) is 3.32. The molecular weight excluding hydrogens is 372 g/mol. The fourth-order valence-electron chi connectivity index (χ4n) is 3.32. The highest BCUT2D eigenvalue weighted by Gasteiger charge is 2.47. The predicted molar refractivity (Wildman–Crippen MR) is 108 cm³/mol. The Hall–Kier alpha value is -3.06. The lowest BCUT2D eigenvalue weighted by Gasteiger charge is -2.23. The zero-order valence-corrected chi connectivity index (χ0v) is 17.1. The average Bonchev–Trinajstić information content (AvgIpc) is 3.27. The van der Waals surface area contributed by atoms with Crippen LogP contribution in [0.25, 0.3) is 5.76 Å². The van der Waals surface area contributed by atoms with Gasteiger partial charge in [-0.05, 0) is 50.2 Å². The number of carbonyl (C=O) groups is 2. The van der Waals surface area contributed by atoms with E-state index in [4.69, 9.17) is 9.15 Å². The van der Waals surface area contributed by atoms with Gasteiger partial charge in [0.25, 0.3) is 11.7 Å². The molecule has 0 bridgehead atoms.